The van der Waals surface area contributed by atoms with Crippen molar-refractivity contribution >= 4 is 5.97 Å². The summed E-state index contributed by atoms with van der Waals surface area (Å²) in [7, 11) is 0. The molecule has 2 N–H and O–H groups in total. The Labute approximate surface area is 127 Å². The van der Waals surface area contributed by atoms with Crippen molar-refractivity contribution in [2.75, 3.05) is 0 Å². The maximum absolute atomic E-state index is 11.2. The van der Waals surface area contributed by atoms with Crippen LogP contribution in [-0.2, 0) is 9.53 Å². The third kappa shape index (κ3) is 5.64. The van der Waals surface area contributed by atoms with Crippen molar-refractivity contribution < 1.29 is 19.7 Å². The Morgan fingerprint density at radius 1 is 1.33 bits per heavy atom. The topological polar surface area (TPSA) is 66.8 Å². The summed E-state index contributed by atoms with van der Waals surface area (Å²) in [5.74, 6) is 0.315. The number of carbonyl (C=O) groups excluding carboxylic acids is 1. The van der Waals surface area contributed by atoms with Gasteiger partial charge in [-0.3, -0.25) is 4.79 Å². The zero-order chi connectivity index (χ0) is 16.2. The van der Waals surface area contributed by atoms with E-state index >= 15 is 0 Å². The van der Waals surface area contributed by atoms with Crippen LogP contribution in [0.1, 0.15) is 59.8 Å². The van der Waals surface area contributed by atoms with Crippen molar-refractivity contribution in [1.29, 1.82) is 0 Å². The van der Waals surface area contributed by atoms with Gasteiger partial charge in [0.25, 0.3) is 0 Å². The summed E-state index contributed by atoms with van der Waals surface area (Å²) in [5.41, 5.74) is 0.898. The quantitative estimate of drug-likeness (QED) is 0.607. The van der Waals surface area contributed by atoms with E-state index in [0.717, 1.165) is 24.0 Å². The van der Waals surface area contributed by atoms with E-state index in [1.807, 2.05) is 6.92 Å². The number of hydrogen-bond acceptors (Lipinski definition) is 4. The van der Waals surface area contributed by atoms with Gasteiger partial charge in [-0.15, -0.1) is 0 Å². The summed E-state index contributed by atoms with van der Waals surface area (Å²) in [6.07, 6.45) is 2.53. The lowest BCUT2D eigenvalue weighted by atomic mass is 9.79. The fourth-order valence-corrected chi connectivity index (χ4v) is 2.69. The second kappa shape index (κ2) is 7.23. The van der Waals surface area contributed by atoms with Crippen molar-refractivity contribution in [3.63, 3.8) is 0 Å². The third-order valence-corrected chi connectivity index (χ3v) is 4.26. The Kier molecular flexibility index (Phi) is 6.17. The van der Waals surface area contributed by atoms with E-state index in [-0.39, 0.29) is 11.9 Å². The average Bonchev–Trinajstić information content (AvgIpc) is 2.35. The molecule has 0 fully saturated rings. The Morgan fingerprint density at radius 2 is 1.95 bits per heavy atom. The van der Waals surface area contributed by atoms with Gasteiger partial charge in [-0.1, -0.05) is 6.58 Å². The van der Waals surface area contributed by atoms with Gasteiger partial charge in [0.15, 0.2) is 0 Å². The summed E-state index contributed by atoms with van der Waals surface area (Å²) in [6, 6.07) is 0. The molecule has 0 aromatic carbocycles. The molecule has 4 nitrogen and oxygen atoms in total. The van der Waals surface area contributed by atoms with E-state index in [1.54, 1.807) is 13.8 Å². The summed E-state index contributed by atoms with van der Waals surface area (Å²) < 4.78 is 5.30. The summed E-state index contributed by atoms with van der Waals surface area (Å²) in [4.78, 5) is 11.2. The first-order valence-electron chi connectivity index (χ1n) is 7.56. The van der Waals surface area contributed by atoms with Crippen LogP contribution in [0.3, 0.4) is 0 Å². The Bertz CT molecular complexity index is 429. The lowest BCUT2D eigenvalue weighted by Crippen LogP contribution is -2.34. The van der Waals surface area contributed by atoms with Crippen LogP contribution in [0.25, 0.3) is 0 Å². The molecular weight excluding hydrogens is 268 g/mol. The van der Waals surface area contributed by atoms with E-state index in [9.17, 15) is 15.0 Å². The minimum atomic E-state index is -0.859. The van der Waals surface area contributed by atoms with Crippen LogP contribution in [0.4, 0.5) is 0 Å². The molecular formula is C17H28O4. The average molecular weight is 296 g/mol. The molecule has 2 unspecified atom stereocenters. The molecule has 120 valence electrons. The minimum absolute atomic E-state index is 0.0316. The standard InChI is InChI=1S/C17H28O4/c1-11-7-9-16(21-13(3)18)12(2)6-8-14(10-15(11)19)17(4,5)20/h14-15,19-20H,1,6-10H2,2-5H3. The Balaban J connectivity index is 3.00. The minimum Gasteiger partial charge on any atom is -0.431 e. The van der Waals surface area contributed by atoms with E-state index in [2.05, 4.69) is 6.58 Å². The van der Waals surface area contributed by atoms with Crippen molar-refractivity contribution in [3.05, 3.63) is 23.5 Å². The lowest BCUT2D eigenvalue weighted by molar-refractivity contribution is -0.137. The molecule has 1 aliphatic rings. The van der Waals surface area contributed by atoms with E-state index < -0.39 is 11.7 Å². The first-order chi connectivity index (χ1) is 9.61. The molecule has 0 amide bonds. The van der Waals surface area contributed by atoms with Gasteiger partial charge in [0.05, 0.1) is 11.7 Å². The normalized spacial score (nSPS) is 25.7. The van der Waals surface area contributed by atoms with Crippen molar-refractivity contribution in [2.24, 2.45) is 5.92 Å². The molecule has 0 saturated heterocycles. The molecule has 1 rings (SSSR count). The Hall–Kier alpha value is -1.13. The second-order valence-corrected chi connectivity index (χ2v) is 6.60. The molecule has 0 heterocycles. The number of allylic oxidation sites excluding steroid dienone is 2. The molecule has 21 heavy (non-hydrogen) atoms. The predicted octanol–water partition coefficient (Wildman–Crippen LogP) is 3.09. The van der Waals surface area contributed by atoms with Crippen LogP contribution >= 0.6 is 0 Å². The molecule has 0 bridgehead atoms. The van der Waals surface area contributed by atoms with Gasteiger partial charge in [-0.05, 0) is 63.5 Å². The van der Waals surface area contributed by atoms with Gasteiger partial charge in [-0.2, -0.15) is 0 Å². The molecule has 0 spiro atoms. The fourth-order valence-electron chi connectivity index (χ4n) is 2.69. The number of rotatable bonds is 2. The van der Waals surface area contributed by atoms with Crippen molar-refractivity contribution in [1.82, 2.24) is 0 Å². The number of carbonyl (C=O) groups is 1. The SMILES string of the molecule is C=C1CCC(OC(C)=O)=C(C)CCC(C(C)(C)O)CC1O. The number of hydrogen-bond donors (Lipinski definition) is 2. The molecule has 0 saturated carbocycles. The smallest absolute Gasteiger partial charge is 0.307 e. The van der Waals surface area contributed by atoms with Crippen molar-refractivity contribution in [2.45, 2.75) is 71.5 Å². The first kappa shape index (κ1) is 17.9. The molecule has 1 aliphatic carbocycles. The highest BCUT2D eigenvalue weighted by Crippen LogP contribution is 2.33. The van der Waals surface area contributed by atoms with Gasteiger partial charge in [0.2, 0.25) is 0 Å². The zero-order valence-corrected chi connectivity index (χ0v) is 13.6. The Morgan fingerprint density at radius 3 is 2.48 bits per heavy atom. The highest BCUT2D eigenvalue weighted by molar-refractivity contribution is 5.67. The van der Waals surface area contributed by atoms with E-state index in [1.165, 1.54) is 6.92 Å². The van der Waals surface area contributed by atoms with Crippen molar-refractivity contribution in [3.8, 4) is 0 Å². The summed E-state index contributed by atoms with van der Waals surface area (Å²) in [6.45, 7) is 10.8. The second-order valence-electron chi connectivity index (χ2n) is 6.60. The number of aliphatic hydroxyl groups excluding tert-OH is 1. The van der Waals surface area contributed by atoms with Gasteiger partial charge >= 0.3 is 5.97 Å². The molecule has 2 atom stereocenters. The molecule has 0 radical (unpaired) electrons. The highest BCUT2D eigenvalue weighted by Gasteiger charge is 2.30. The maximum atomic E-state index is 11.2. The molecule has 0 aliphatic heterocycles. The highest BCUT2D eigenvalue weighted by atomic mass is 16.5. The maximum Gasteiger partial charge on any atom is 0.307 e. The van der Waals surface area contributed by atoms with Gasteiger partial charge in [0, 0.05) is 13.3 Å². The van der Waals surface area contributed by atoms with E-state index in [0.29, 0.717) is 25.0 Å². The monoisotopic (exact) mass is 296 g/mol. The van der Waals surface area contributed by atoms with Crippen LogP contribution in [-0.4, -0.2) is 27.9 Å². The van der Waals surface area contributed by atoms with Gasteiger partial charge in [0.1, 0.15) is 5.76 Å². The number of aliphatic hydroxyl groups is 2. The largest absolute Gasteiger partial charge is 0.431 e. The van der Waals surface area contributed by atoms with Crippen LogP contribution < -0.4 is 0 Å². The van der Waals surface area contributed by atoms with Crippen LogP contribution in [0.5, 0.6) is 0 Å². The van der Waals surface area contributed by atoms with Crippen LogP contribution in [0, 0.1) is 5.92 Å². The fraction of sp³-hybridized carbons (Fsp3) is 0.706. The van der Waals surface area contributed by atoms with E-state index in [4.69, 9.17) is 4.74 Å². The first-order valence-corrected chi connectivity index (χ1v) is 7.56. The van der Waals surface area contributed by atoms with Crippen LogP contribution in [0.2, 0.25) is 0 Å². The number of esters is 1. The predicted molar refractivity (Wildman–Crippen MR) is 82.5 cm³/mol. The van der Waals surface area contributed by atoms with Crippen LogP contribution in [0.15, 0.2) is 23.5 Å². The summed E-state index contributed by atoms with van der Waals surface area (Å²) >= 11 is 0. The lowest BCUT2D eigenvalue weighted by Gasteiger charge is -2.32. The molecule has 0 aromatic rings. The molecule has 4 heteroatoms. The zero-order valence-electron chi connectivity index (χ0n) is 13.6. The molecule has 0 aromatic heterocycles. The third-order valence-electron chi connectivity index (χ3n) is 4.26. The number of ether oxygens (including phenoxy) is 1. The van der Waals surface area contributed by atoms with Gasteiger partial charge < -0.3 is 14.9 Å². The van der Waals surface area contributed by atoms with Gasteiger partial charge in [-0.25, -0.2) is 0 Å². The summed E-state index contributed by atoms with van der Waals surface area (Å²) in [5, 5.41) is 20.5.